The Labute approximate surface area is 178 Å². The molecule has 2 heterocycles. The van der Waals surface area contributed by atoms with Gasteiger partial charge in [0.1, 0.15) is 5.82 Å². The van der Waals surface area contributed by atoms with Gasteiger partial charge in [-0.3, -0.25) is 4.99 Å². The molecule has 0 aromatic carbocycles. The number of nitrogens with zero attached hydrogens (tertiary/aromatic N) is 5. The highest BCUT2D eigenvalue weighted by atomic mass is 32.2. The SMILES string of the molecule is CCNC(=NCCCc1nnc(SC)n1C1CCCC1)N1CCSC(C)(C)C1. The Balaban J connectivity index is 1.59. The van der Waals surface area contributed by atoms with Gasteiger partial charge < -0.3 is 14.8 Å². The van der Waals surface area contributed by atoms with Gasteiger partial charge in [0.2, 0.25) is 0 Å². The highest BCUT2D eigenvalue weighted by molar-refractivity contribution is 8.00. The van der Waals surface area contributed by atoms with Crippen molar-refractivity contribution in [3.8, 4) is 0 Å². The lowest BCUT2D eigenvalue weighted by Crippen LogP contribution is -2.51. The molecule has 0 unspecified atom stereocenters. The van der Waals surface area contributed by atoms with Gasteiger partial charge in [-0.2, -0.15) is 11.8 Å². The Hall–Kier alpha value is -0.890. The first-order valence-corrected chi connectivity index (χ1v) is 12.9. The van der Waals surface area contributed by atoms with Crippen LogP contribution in [0.25, 0.3) is 0 Å². The van der Waals surface area contributed by atoms with E-state index in [0.717, 1.165) is 56.0 Å². The number of hydrogen-bond acceptors (Lipinski definition) is 5. The fraction of sp³-hybridized carbons (Fsp3) is 0.850. The standard InChI is InChI=1S/C20H36N6S2/c1-5-21-18(25-13-14-28-20(2,3)15-25)22-12-8-11-17-23-24-19(27-4)26(17)16-9-6-7-10-16/h16H,5-15H2,1-4H3,(H,21,22). The van der Waals surface area contributed by atoms with Crippen LogP contribution in [-0.4, -0.2) is 68.6 Å². The molecule has 0 spiro atoms. The van der Waals surface area contributed by atoms with E-state index in [2.05, 4.69) is 63.8 Å². The van der Waals surface area contributed by atoms with Crippen molar-refractivity contribution in [3.63, 3.8) is 0 Å². The number of aliphatic imine (C=N–C) groups is 1. The van der Waals surface area contributed by atoms with E-state index in [9.17, 15) is 0 Å². The van der Waals surface area contributed by atoms with Crippen LogP contribution in [0.4, 0.5) is 0 Å². The Morgan fingerprint density at radius 3 is 2.79 bits per heavy atom. The van der Waals surface area contributed by atoms with E-state index in [4.69, 9.17) is 4.99 Å². The molecule has 1 N–H and O–H groups in total. The molecule has 0 amide bonds. The summed E-state index contributed by atoms with van der Waals surface area (Å²) < 4.78 is 2.71. The Morgan fingerprint density at radius 1 is 1.32 bits per heavy atom. The summed E-state index contributed by atoms with van der Waals surface area (Å²) in [4.78, 5) is 7.35. The summed E-state index contributed by atoms with van der Waals surface area (Å²) in [5, 5.41) is 13.5. The molecule has 0 atom stereocenters. The second kappa shape index (κ2) is 10.2. The minimum atomic E-state index is 0.292. The summed E-state index contributed by atoms with van der Waals surface area (Å²) in [7, 11) is 0. The summed E-state index contributed by atoms with van der Waals surface area (Å²) in [5.41, 5.74) is 0. The topological polar surface area (TPSA) is 58.3 Å². The molecule has 158 valence electrons. The highest BCUT2D eigenvalue weighted by Crippen LogP contribution is 2.33. The lowest BCUT2D eigenvalue weighted by Gasteiger charge is -2.39. The fourth-order valence-corrected chi connectivity index (χ4v) is 5.88. The predicted octanol–water partition coefficient (Wildman–Crippen LogP) is 3.84. The lowest BCUT2D eigenvalue weighted by atomic mass is 10.2. The summed E-state index contributed by atoms with van der Waals surface area (Å²) in [6.07, 6.45) is 9.26. The molecule has 8 heteroatoms. The number of thioether (sulfide) groups is 2. The first-order valence-electron chi connectivity index (χ1n) is 10.7. The van der Waals surface area contributed by atoms with Crippen molar-refractivity contribution in [2.45, 2.75) is 75.2 Å². The number of guanidine groups is 1. The largest absolute Gasteiger partial charge is 0.357 e. The van der Waals surface area contributed by atoms with Crippen molar-refractivity contribution in [2.75, 3.05) is 38.2 Å². The molecule has 2 fully saturated rings. The first-order chi connectivity index (χ1) is 13.5. The quantitative estimate of drug-likeness (QED) is 0.311. The van der Waals surface area contributed by atoms with Crippen molar-refractivity contribution in [1.29, 1.82) is 0 Å². The zero-order valence-electron chi connectivity index (χ0n) is 17.9. The average Bonchev–Trinajstić information content (AvgIpc) is 3.32. The van der Waals surface area contributed by atoms with Crippen molar-refractivity contribution in [2.24, 2.45) is 4.99 Å². The van der Waals surface area contributed by atoms with Gasteiger partial charge >= 0.3 is 0 Å². The molecule has 1 saturated carbocycles. The van der Waals surface area contributed by atoms with Crippen molar-refractivity contribution < 1.29 is 0 Å². The summed E-state index contributed by atoms with van der Waals surface area (Å²) in [5.74, 6) is 3.38. The molecule has 1 saturated heterocycles. The van der Waals surface area contributed by atoms with Crippen molar-refractivity contribution in [3.05, 3.63) is 5.82 Å². The molecule has 6 nitrogen and oxygen atoms in total. The Morgan fingerprint density at radius 2 is 2.11 bits per heavy atom. The third-order valence-electron chi connectivity index (χ3n) is 5.49. The van der Waals surface area contributed by atoms with Gasteiger partial charge in [-0.1, -0.05) is 24.6 Å². The Kier molecular flexibility index (Phi) is 7.97. The number of rotatable bonds is 7. The third-order valence-corrected chi connectivity index (χ3v) is 7.43. The molecule has 1 aliphatic carbocycles. The molecule has 0 bridgehead atoms. The first kappa shape index (κ1) is 21.8. The number of aromatic nitrogens is 3. The molecule has 28 heavy (non-hydrogen) atoms. The van der Waals surface area contributed by atoms with Gasteiger partial charge in [-0.05, 0) is 46.3 Å². The second-order valence-corrected chi connectivity index (χ2v) is 10.9. The zero-order valence-corrected chi connectivity index (χ0v) is 19.5. The van der Waals surface area contributed by atoms with E-state index in [1.807, 2.05) is 0 Å². The summed E-state index contributed by atoms with van der Waals surface area (Å²) >= 11 is 3.77. The monoisotopic (exact) mass is 424 g/mol. The van der Waals surface area contributed by atoms with Gasteiger partial charge in [0.05, 0.1) is 0 Å². The fourth-order valence-electron chi connectivity index (χ4n) is 4.19. The van der Waals surface area contributed by atoms with Crippen molar-refractivity contribution in [1.82, 2.24) is 25.0 Å². The number of aryl methyl sites for hydroxylation is 1. The molecule has 0 radical (unpaired) electrons. The second-order valence-electron chi connectivity index (χ2n) is 8.28. The maximum absolute atomic E-state index is 4.93. The molecular weight excluding hydrogens is 388 g/mol. The Bertz CT molecular complexity index is 651. The van der Waals surface area contributed by atoms with Gasteiger partial charge in [0.15, 0.2) is 11.1 Å². The normalized spacial score (nSPS) is 20.7. The van der Waals surface area contributed by atoms with Gasteiger partial charge in [-0.25, -0.2) is 0 Å². The van der Waals surface area contributed by atoms with Gasteiger partial charge in [0, 0.05) is 49.1 Å². The minimum Gasteiger partial charge on any atom is -0.357 e. The lowest BCUT2D eigenvalue weighted by molar-refractivity contribution is 0.375. The van der Waals surface area contributed by atoms with Crippen LogP contribution in [0.3, 0.4) is 0 Å². The highest BCUT2D eigenvalue weighted by Gasteiger charge is 2.28. The van der Waals surface area contributed by atoms with E-state index in [1.54, 1.807) is 11.8 Å². The van der Waals surface area contributed by atoms with E-state index >= 15 is 0 Å². The van der Waals surface area contributed by atoms with E-state index in [-0.39, 0.29) is 0 Å². The van der Waals surface area contributed by atoms with E-state index in [0.29, 0.717) is 10.8 Å². The number of nitrogens with one attached hydrogen (secondary N) is 1. The third kappa shape index (κ3) is 5.59. The smallest absolute Gasteiger partial charge is 0.193 e. The number of hydrogen-bond donors (Lipinski definition) is 1. The van der Waals surface area contributed by atoms with Crippen LogP contribution in [-0.2, 0) is 6.42 Å². The molecule has 1 aromatic rings. The molecular formula is C20H36N6S2. The van der Waals surface area contributed by atoms with Gasteiger partial charge in [0.25, 0.3) is 0 Å². The van der Waals surface area contributed by atoms with Gasteiger partial charge in [-0.15, -0.1) is 10.2 Å². The molecule has 3 rings (SSSR count). The van der Waals surface area contributed by atoms with Crippen LogP contribution in [0, 0.1) is 0 Å². The van der Waals surface area contributed by atoms with Crippen LogP contribution in [0.5, 0.6) is 0 Å². The molecule has 2 aliphatic rings. The van der Waals surface area contributed by atoms with Crippen LogP contribution in [0.2, 0.25) is 0 Å². The molecule has 1 aliphatic heterocycles. The van der Waals surface area contributed by atoms with E-state index in [1.165, 1.54) is 31.4 Å². The van der Waals surface area contributed by atoms with E-state index < -0.39 is 0 Å². The van der Waals surface area contributed by atoms with Crippen LogP contribution < -0.4 is 5.32 Å². The van der Waals surface area contributed by atoms with Crippen LogP contribution in [0.1, 0.15) is 64.7 Å². The maximum atomic E-state index is 4.93. The predicted molar refractivity (Wildman–Crippen MR) is 122 cm³/mol. The minimum absolute atomic E-state index is 0.292. The molecule has 1 aromatic heterocycles. The summed E-state index contributed by atoms with van der Waals surface area (Å²) in [6, 6.07) is 0.598. The van der Waals surface area contributed by atoms with Crippen LogP contribution >= 0.6 is 23.5 Å². The van der Waals surface area contributed by atoms with Crippen molar-refractivity contribution >= 4 is 29.5 Å². The zero-order chi connectivity index (χ0) is 20.0. The maximum Gasteiger partial charge on any atom is 0.193 e. The average molecular weight is 425 g/mol. The van der Waals surface area contributed by atoms with Crippen LogP contribution in [0.15, 0.2) is 10.1 Å². The summed E-state index contributed by atoms with van der Waals surface area (Å²) in [6.45, 7) is 10.7.